The van der Waals surface area contributed by atoms with Crippen molar-refractivity contribution in [1.29, 1.82) is 0 Å². The first-order valence-corrected chi connectivity index (χ1v) is 7.84. The molecular formula is C17H16ClFN2O3. The molecule has 1 aliphatic heterocycles. The number of rotatable bonds is 3. The van der Waals surface area contributed by atoms with Gasteiger partial charge in [-0.1, -0.05) is 11.6 Å². The van der Waals surface area contributed by atoms with Crippen LogP contribution in [0.1, 0.15) is 10.4 Å². The highest BCUT2D eigenvalue weighted by Crippen LogP contribution is 2.26. The monoisotopic (exact) mass is 350 g/mol. The van der Waals surface area contributed by atoms with Gasteiger partial charge in [-0.15, -0.1) is 0 Å². The Morgan fingerprint density at radius 1 is 1.21 bits per heavy atom. The minimum atomic E-state index is -0.562. The largest absolute Gasteiger partial charge is 0.507 e. The highest BCUT2D eigenvalue weighted by Gasteiger charge is 2.17. The fraction of sp³-hybridized carbons (Fsp3) is 0.235. The zero-order valence-electron chi connectivity index (χ0n) is 12.8. The van der Waals surface area contributed by atoms with Crippen molar-refractivity contribution in [3.05, 3.63) is 52.8 Å². The summed E-state index contributed by atoms with van der Waals surface area (Å²) >= 11 is 5.83. The number of hydrogen-bond acceptors (Lipinski definition) is 4. The van der Waals surface area contributed by atoms with E-state index in [-0.39, 0.29) is 11.3 Å². The van der Waals surface area contributed by atoms with Crippen molar-refractivity contribution in [2.24, 2.45) is 0 Å². The average Bonchev–Trinajstić information content (AvgIpc) is 2.58. The van der Waals surface area contributed by atoms with E-state index < -0.39 is 11.7 Å². The van der Waals surface area contributed by atoms with Gasteiger partial charge in [-0.2, -0.15) is 0 Å². The van der Waals surface area contributed by atoms with Gasteiger partial charge in [0.05, 0.1) is 24.5 Å². The predicted octanol–water partition coefficient (Wildman–Crippen LogP) is 3.27. The Labute approximate surface area is 143 Å². The van der Waals surface area contributed by atoms with Crippen LogP contribution in [0.5, 0.6) is 5.75 Å². The van der Waals surface area contributed by atoms with Gasteiger partial charge >= 0.3 is 0 Å². The van der Waals surface area contributed by atoms with Crippen molar-refractivity contribution in [1.82, 2.24) is 0 Å². The van der Waals surface area contributed by atoms with Gasteiger partial charge < -0.3 is 20.1 Å². The Kier molecular flexibility index (Phi) is 4.87. The quantitative estimate of drug-likeness (QED) is 0.891. The summed E-state index contributed by atoms with van der Waals surface area (Å²) in [6.45, 7) is 2.37. The van der Waals surface area contributed by atoms with E-state index >= 15 is 0 Å². The average molecular weight is 351 g/mol. The van der Waals surface area contributed by atoms with Gasteiger partial charge in [0.15, 0.2) is 0 Å². The lowest BCUT2D eigenvalue weighted by atomic mass is 10.1. The minimum Gasteiger partial charge on any atom is -0.507 e. The highest BCUT2D eigenvalue weighted by molar-refractivity contribution is 6.31. The summed E-state index contributed by atoms with van der Waals surface area (Å²) < 4.78 is 19.6. The molecule has 3 rings (SSSR count). The second kappa shape index (κ2) is 7.07. The van der Waals surface area contributed by atoms with Crippen LogP contribution in [0, 0.1) is 5.82 Å². The number of carbonyl (C=O) groups is 1. The summed E-state index contributed by atoms with van der Waals surface area (Å²) in [5.74, 6) is -1.18. The molecule has 126 valence electrons. The molecule has 1 amide bonds. The standard InChI is InChI=1S/C17H16ClFN2O3/c18-11-1-4-16(22)13(9-11)17(23)20-12-2-3-15(14(19)10-12)21-5-7-24-8-6-21/h1-4,9-10,22H,5-8H2,(H,20,23). The molecule has 0 atom stereocenters. The highest BCUT2D eigenvalue weighted by atomic mass is 35.5. The Morgan fingerprint density at radius 2 is 1.96 bits per heavy atom. The van der Waals surface area contributed by atoms with Crippen molar-refractivity contribution in [3.8, 4) is 5.75 Å². The Morgan fingerprint density at radius 3 is 2.67 bits per heavy atom. The zero-order valence-corrected chi connectivity index (χ0v) is 13.5. The molecule has 0 saturated carbocycles. The smallest absolute Gasteiger partial charge is 0.259 e. The van der Waals surface area contributed by atoms with Gasteiger partial charge in [0, 0.05) is 23.8 Å². The van der Waals surface area contributed by atoms with Crippen molar-refractivity contribution >= 4 is 28.9 Å². The van der Waals surface area contributed by atoms with E-state index in [2.05, 4.69) is 5.32 Å². The summed E-state index contributed by atoms with van der Waals surface area (Å²) in [5, 5.41) is 12.6. The molecular weight excluding hydrogens is 335 g/mol. The van der Waals surface area contributed by atoms with Gasteiger partial charge in [-0.3, -0.25) is 4.79 Å². The Hall–Kier alpha value is -2.31. The lowest BCUT2D eigenvalue weighted by molar-refractivity contribution is 0.102. The first-order valence-electron chi connectivity index (χ1n) is 7.47. The van der Waals surface area contributed by atoms with Gasteiger partial charge in [0.1, 0.15) is 11.6 Å². The van der Waals surface area contributed by atoms with E-state index in [4.69, 9.17) is 16.3 Å². The molecule has 0 aromatic heterocycles. The van der Waals surface area contributed by atoms with E-state index in [1.165, 1.54) is 24.3 Å². The van der Waals surface area contributed by atoms with Crippen molar-refractivity contribution in [3.63, 3.8) is 0 Å². The molecule has 7 heteroatoms. The molecule has 24 heavy (non-hydrogen) atoms. The number of amides is 1. The van der Waals surface area contributed by atoms with Crippen molar-refractivity contribution in [2.45, 2.75) is 0 Å². The summed E-state index contributed by atoms with van der Waals surface area (Å²) in [6, 6.07) is 8.65. The van der Waals surface area contributed by atoms with E-state index in [9.17, 15) is 14.3 Å². The van der Waals surface area contributed by atoms with Gasteiger partial charge in [-0.05, 0) is 36.4 Å². The van der Waals surface area contributed by atoms with E-state index in [0.717, 1.165) is 0 Å². The third-order valence-corrected chi connectivity index (χ3v) is 4.00. The van der Waals surface area contributed by atoms with Crippen LogP contribution in [-0.4, -0.2) is 37.3 Å². The molecule has 2 aromatic carbocycles. The third kappa shape index (κ3) is 3.60. The first-order chi connectivity index (χ1) is 11.5. The van der Waals surface area contributed by atoms with Crippen LogP contribution in [0.4, 0.5) is 15.8 Å². The Bertz CT molecular complexity index is 763. The number of phenols is 1. The fourth-order valence-corrected chi connectivity index (χ4v) is 2.71. The van der Waals surface area contributed by atoms with E-state index in [1.54, 1.807) is 12.1 Å². The zero-order chi connectivity index (χ0) is 17.1. The van der Waals surface area contributed by atoms with Crippen LogP contribution in [-0.2, 0) is 4.74 Å². The van der Waals surface area contributed by atoms with E-state index in [0.29, 0.717) is 42.7 Å². The minimum absolute atomic E-state index is 0.0279. The number of ether oxygens (including phenoxy) is 1. The molecule has 0 unspecified atom stereocenters. The Balaban J connectivity index is 1.77. The SMILES string of the molecule is O=C(Nc1ccc(N2CCOCC2)c(F)c1)c1cc(Cl)ccc1O. The van der Waals surface area contributed by atoms with Gasteiger partial charge in [-0.25, -0.2) is 4.39 Å². The summed E-state index contributed by atoms with van der Waals surface area (Å²) in [5.41, 5.74) is 0.802. The predicted molar refractivity (Wildman–Crippen MR) is 90.5 cm³/mol. The molecule has 1 saturated heterocycles. The van der Waals surface area contributed by atoms with Crippen LogP contribution in [0.2, 0.25) is 5.02 Å². The molecule has 0 spiro atoms. The molecule has 2 N–H and O–H groups in total. The summed E-state index contributed by atoms with van der Waals surface area (Å²) in [7, 11) is 0. The maximum atomic E-state index is 14.3. The van der Waals surface area contributed by atoms with Gasteiger partial charge in [0.25, 0.3) is 5.91 Å². The van der Waals surface area contributed by atoms with Gasteiger partial charge in [0.2, 0.25) is 0 Å². The molecule has 0 radical (unpaired) electrons. The second-order valence-electron chi connectivity index (χ2n) is 5.38. The maximum absolute atomic E-state index is 14.3. The summed E-state index contributed by atoms with van der Waals surface area (Å²) in [6.07, 6.45) is 0. The number of morpholine rings is 1. The molecule has 0 bridgehead atoms. The number of nitrogens with one attached hydrogen (secondary N) is 1. The second-order valence-corrected chi connectivity index (χ2v) is 5.82. The number of benzene rings is 2. The fourth-order valence-electron chi connectivity index (χ4n) is 2.53. The molecule has 1 aliphatic rings. The summed E-state index contributed by atoms with van der Waals surface area (Å²) in [4.78, 5) is 14.1. The van der Waals surface area contributed by atoms with Crippen LogP contribution >= 0.6 is 11.6 Å². The number of anilines is 2. The number of halogens is 2. The van der Waals surface area contributed by atoms with E-state index in [1.807, 2.05) is 4.90 Å². The maximum Gasteiger partial charge on any atom is 0.259 e. The lowest BCUT2D eigenvalue weighted by Gasteiger charge is -2.29. The normalized spacial score (nSPS) is 14.5. The van der Waals surface area contributed by atoms with Crippen LogP contribution in [0.15, 0.2) is 36.4 Å². The number of phenolic OH excluding ortho intramolecular Hbond substituents is 1. The van der Waals surface area contributed by atoms with Crippen molar-refractivity contribution in [2.75, 3.05) is 36.5 Å². The number of hydrogen-bond donors (Lipinski definition) is 2. The number of carbonyl (C=O) groups excluding carboxylic acids is 1. The van der Waals surface area contributed by atoms with Crippen LogP contribution in [0.3, 0.4) is 0 Å². The topological polar surface area (TPSA) is 61.8 Å². The molecule has 1 heterocycles. The molecule has 2 aromatic rings. The number of aromatic hydroxyl groups is 1. The molecule has 0 aliphatic carbocycles. The molecule has 5 nitrogen and oxygen atoms in total. The third-order valence-electron chi connectivity index (χ3n) is 3.76. The lowest BCUT2D eigenvalue weighted by Crippen LogP contribution is -2.36. The van der Waals surface area contributed by atoms with Crippen molar-refractivity contribution < 1.29 is 19.0 Å². The molecule has 1 fully saturated rings. The van der Waals surface area contributed by atoms with Crippen LogP contribution in [0.25, 0.3) is 0 Å². The van der Waals surface area contributed by atoms with Crippen LogP contribution < -0.4 is 10.2 Å². The number of nitrogens with zero attached hydrogens (tertiary/aromatic N) is 1. The first kappa shape index (κ1) is 16.5.